The molecule has 1 aromatic carbocycles. The first-order valence-electron chi connectivity index (χ1n) is 9.50. The molecule has 0 aliphatic carbocycles. The van der Waals surface area contributed by atoms with Crippen LogP contribution in [-0.4, -0.2) is 42.1 Å². The van der Waals surface area contributed by atoms with Crippen LogP contribution in [0.25, 0.3) is 10.9 Å². The monoisotopic (exact) mass is 338 g/mol. The van der Waals surface area contributed by atoms with E-state index >= 15 is 0 Å². The molecule has 0 N–H and O–H groups in total. The van der Waals surface area contributed by atoms with Gasteiger partial charge in [0.2, 0.25) is 5.91 Å². The molecule has 1 amide bonds. The van der Waals surface area contributed by atoms with Gasteiger partial charge in [-0.2, -0.15) is 0 Å². The van der Waals surface area contributed by atoms with Crippen LogP contribution in [0.15, 0.2) is 36.5 Å². The quantitative estimate of drug-likeness (QED) is 0.861. The maximum atomic E-state index is 12.6. The molecule has 2 fully saturated rings. The van der Waals surface area contributed by atoms with Gasteiger partial charge in [-0.25, -0.2) is 0 Å². The van der Waals surface area contributed by atoms with Crippen LogP contribution in [0.4, 0.5) is 0 Å². The van der Waals surface area contributed by atoms with Crippen molar-refractivity contribution in [2.45, 2.75) is 32.1 Å². The molecule has 2 saturated heterocycles. The van der Waals surface area contributed by atoms with Crippen molar-refractivity contribution in [3.05, 3.63) is 42.1 Å². The van der Waals surface area contributed by atoms with E-state index in [1.165, 1.54) is 10.9 Å². The van der Waals surface area contributed by atoms with E-state index < -0.39 is 0 Å². The lowest BCUT2D eigenvalue weighted by atomic mass is 9.89. The van der Waals surface area contributed by atoms with E-state index in [4.69, 9.17) is 4.74 Å². The number of ether oxygens (including phenoxy) is 1. The highest BCUT2D eigenvalue weighted by Crippen LogP contribution is 2.25. The van der Waals surface area contributed by atoms with Gasteiger partial charge in [0.25, 0.3) is 0 Å². The Morgan fingerprint density at radius 3 is 2.84 bits per heavy atom. The normalized spacial score (nSPS) is 22.2. The van der Waals surface area contributed by atoms with E-state index in [1.807, 2.05) is 12.3 Å². The van der Waals surface area contributed by atoms with Crippen molar-refractivity contribution < 1.29 is 9.53 Å². The summed E-state index contributed by atoms with van der Waals surface area (Å²) in [4.78, 5) is 19.2. The third-order valence-electron chi connectivity index (χ3n) is 5.61. The van der Waals surface area contributed by atoms with Gasteiger partial charge >= 0.3 is 0 Å². The van der Waals surface area contributed by atoms with Gasteiger partial charge in [-0.1, -0.05) is 18.2 Å². The molecule has 25 heavy (non-hydrogen) atoms. The highest BCUT2D eigenvalue weighted by atomic mass is 16.5. The molecule has 2 aliphatic heterocycles. The molecule has 0 radical (unpaired) electrons. The van der Waals surface area contributed by atoms with Crippen LogP contribution in [-0.2, 0) is 16.0 Å². The molecule has 4 rings (SSSR count). The van der Waals surface area contributed by atoms with Crippen LogP contribution in [0.3, 0.4) is 0 Å². The van der Waals surface area contributed by atoms with Crippen LogP contribution in [0, 0.1) is 11.8 Å². The summed E-state index contributed by atoms with van der Waals surface area (Å²) in [5.41, 5.74) is 2.37. The van der Waals surface area contributed by atoms with Gasteiger partial charge in [0.1, 0.15) is 0 Å². The Morgan fingerprint density at radius 2 is 2.04 bits per heavy atom. The molecule has 0 unspecified atom stereocenters. The summed E-state index contributed by atoms with van der Waals surface area (Å²) < 4.78 is 5.47. The van der Waals surface area contributed by atoms with Crippen LogP contribution in [0.2, 0.25) is 0 Å². The van der Waals surface area contributed by atoms with E-state index in [-0.39, 0.29) is 5.92 Å². The van der Waals surface area contributed by atoms with Crippen molar-refractivity contribution in [1.29, 1.82) is 0 Å². The Hall–Kier alpha value is -1.94. The lowest BCUT2D eigenvalue weighted by Gasteiger charge is -2.35. The van der Waals surface area contributed by atoms with Crippen molar-refractivity contribution in [2.24, 2.45) is 11.8 Å². The number of pyridine rings is 1. The number of fused-ring (bicyclic) bond motifs is 1. The summed E-state index contributed by atoms with van der Waals surface area (Å²) in [5.74, 6) is 1.05. The number of nitrogens with zero attached hydrogens (tertiary/aromatic N) is 2. The van der Waals surface area contributed by atoms with Crippen LogP contribution in [0.1, 0.15) is 31.2 Å². The Kier molecular flexibility index (Phi) is 4.97. The Balaban J connectivity index is 1.32. The first-order chi connectivity index (χ1) is 12.3. The predicted octanol–water partition coefficient (Wildman–Crippen LogP) is 3.44. The summed E-state index contributed by atoms with van der Waals surface area (Å²) in [6.45, 7) is 3.20. The summed E-state index contributed by atoms with van der Waals surface area (Å²) in [7, 11) is 0. The van der Waals surface area contributed by atoms with E-state index in [0.717, 1.165) is 57.3 Å². The number of carbonyl (C=O) groups is 1. The van der Waals surface area contributed by atoms with Gasteiger partial charge in [0.15, 0.2) is 0 Å². The fourth-order valence-corrected chi connectivity index (χ4v) is 4.11. The van der Waals surface area contributed by atoms with Crippen LogP contribution in [0.5, 0.6) is 0 Å². The number of amides is 1. The third kappa shape index (κ3) is 3.84. The highest BCUT2D eigenvalue weighted by molar-refractivity contribution is 5.79. The molecule has 2 aromatic rings. The van der Waals surface area contributed by atoms with E-state index in [0.29, 0.717) is 18.4 Å². The van der Waals surface area contributed by atoms with Gasteiger partial charge in [-0.15, -0.1) is 0 Å². The molecule has 0 saturated carbocycles. The molecule has 2 aliphatic rings. The van der Waals surface area contributed by atoms with Gasteiger partial charge < -0.3 is 9.64 Å². The molecular weight excluding hydrogens is 312 g/mol. The number of para-hydroxylation sites is 1. The van der Waals surface area contributed by atoms with Crippen molar-refractivity contribution in [3.8, 4) is 0 Å². The minimum Gasteiger partial charge on any atom is -0.381 e. The number of likely N-dealkylation sites (tertiary alicyclic amines) is 1. The van der Waals surface area contributed by atoms with Gasteiger partial charge in [0, 0.05) is 31.3 Å². The summed E-state index contributed by atoms with van der Waals surface area (Å²) in [6, 6.07) is 10.5. The maximum Gasteiger partial charge on any atom is 0.228 e. The number of benzene rings is 1. The molecule has 0 bridgehead atoms. The van der Waals surface area contributed by atoms with E-state index in [1.54, 1.807) is 0 Å². The average molecular weight is 338 g/mol. The summed E-state index contributed by atoms with van der Waals surface area (Å²) >= 11 is 0. The van der Waals surface area contributed by atoms with Crippen molar-refractivity contribution >= 4 is 16.8 Å². The van der Waals surface area contributed by atoms with E-state index in [2.05, 4.69) is 34.1 Å². The number of hydrogen-bond donors (Lipinski definition) is 0. The number of carbonyl (C=O) groups excluding carboxylic acids is 1. The lowest BCUT2D eigenvalue weighted by molar-refractivity contribution is -0.141. The van der Waals surface area contributed by atoms with E-state index in [9.17, 15) is 4.79 Å². The predicted molar refractivity (Wildman–Crippen MR) is 98.3 cm³/mol. The first kappa shape index (κ1) is 16.5. The number of aromatic nitrogens is 1. The first-order valence-corrected chi connectivity index (χ1v) is 9.50. The minimum absolute atomic E-state index is 0.0926. The lowest BCUT2D eigenvalue weighted by Crippen LogP contribution is -2.44. The number of rotatable bonds is 3. The van der Waals surface area contributed by atoms with Crippen molar-refractivity contribution in [1.82, 2.24) is 9.88 Å². The molecule has 3 heterocycles. The van der Waals surface area contributed by atoms with Gasteiger partial charge in [0.05, 0.1) is 18.0 Å². The second-order valence-electron chi connectivity index (χ2n) is 7.42. The molecule has 4 nitrogen and oxygen atoms in total. The van der Waals surface area contributed by atoms with Crippen molar-refractivity contribution in [3.63, 3.8) is 0 Å². The molecule has 4 heteroatoms. The standard InChI is InChI=1S/C21H26N2O2/c24-21(19-5-3-11-25-15-19)23-9-7-16(8-10-23)12-17-13-18-4-1-2-6-20(18)22-14-17/h1-2,4,6,13-14,16,19H,3,5,7-12,15H2/t19-/m0/s1. The molecular formula is C21H26N2O2. The third-order valence-corrected chi connectivity index (χ3v) is 5.61. The number of hydrogen-bond acceptors (Lipinski definition) is 3. The zero-order valence-electron chi connectivity index (χ0n) is 14.7. The number of piperidine rings is 1. The summed E-state index contributed by atoms with van der Waals surface area (Å²) in [6.07, 6.45) is 7.26. The zero-order chi connectivity index (χ0) is 17.1. The van der Waals surface area contributed by atoms with Crippen LogP contribution >= 0.6 is 0 Å². The molecule has 1 aromatic heterocycles. The minimum atomic E-state index is 0.0926. The van der Waals surface area contributed by atoms with Gasteiger partial charge in [-0.05, 0) is 55.7 Å². The summed E-state index contributed by atoms with van der Waals surface area (Å²) in [5, 5.41) is 1.21. The fraction of sp³-hybridized carbons (Fsp3) is 0.524. The second kappa shape index (κ2) is 7.52. The second-order valence-corrected chi connectivity index (χ2v) is 7.42. The smallest absolute Gasteiger partial charge is 0.228 e. The largest absolute Gasteiger partial charge is 0.381 e. The highest BCUT2D eigenvalue weighted by Gasteiger charge is 2.29. The average Bonchev–Trinajstić information content (AvgIpc) is 2.69. The van der Waals surface area contributed by atoms with Crippen molar-refractivity contribution in [2.75, 3.05) is 26.3 Å². The van der Waals surface area contributed by atoms with Gasteiger partial charge in [-0.3, -0.25) is 9.78 Å². The molecule has 0 spiro atoms. The fourth-order valence-electron chi connectivity index (χ4n) is 4.11. The Morgan fingerprint density at radius 1 is 1.20 bits per heavy atom. The topological polar surface area (TPSA) is 42.4 Å². The maximum absolute atomic E-state index is 12.6. The SMILES string of the molecule is O=C([C@H]1CCCOC1)N1CCC(Cc2cnc3ccccc3c2)CC1. The molecule has 132 valence electrons. The Labute approximate surface area is 149 Å². The van der Waals surface area contributed by atoms with Crippen LogP contribution < -0.4 is 0 Å². The molecule has 1 atom stereocenters. The Bertz CT molecular complexity index is 732. The zero-order valence-corrected chi connectivity index (χ0v) is 14.7.